The Morgan fingerprint density at radius 3 is 3.00 bits per heavy atom. The van der Waals surface area contributed by atoms with Crippen molar-refractivity contribution < 1.29 is 5.11 Å². The predicted molar refractivity (Wildman–Crippen MR) is 65.5 cm³/mol. The van der Waals surface area contributed by atoms with Crippen LogP contribution in [0.25, 0.3) is 0 Å². The zero-order chi connectivity index (χ0) is 12.3. The minimum atomic E-state index is -0.478. The van der Waals surface area contributed by atoms with Gasteiger partial charge in [-0.15, -0.1) is 0 Å². The Morgan fingerprint density at radius 2 is 2.41 bits per heavy atom. The molecular formula is C13H17N3O. The Kier molecular flexibility index (Phi) is 3.60. The van der Waals surface area contributed by atoms with Crippen molar-refractivity contribution in [2.24, 2.45) is 0 Å². The van der Waals surface area contributed by atoms with Crippen LogP contribution >= 0.6 is 0 Å². The molecule has 1 aliphatic carbocycles. The van der Waals surface area contributed by atoms with E-state index in [0.29, 0.717) is 12.5 Å². The van der Waals surface area contributed by atoms with Crippen molar-refractivity contribution in [3.63, 3.8) is 0 Å². The maximum Gasteiger partial charge on any atom is 0.129 e. The number of nitriles is 1. The summed E-state index contributed by atoms with van der Waals surface area (Å²) in [6, 6.07) is 6.44. The molecule has 1 unspecified atom stereocenters. The molecule has 1 N–H and O–H groups in total. The highest BCUT2D eigenvalue weighted by molar-refractivity contribution is 5.44. The van der Waals surface area contributed by atoms with Gasteiger partial charge in [-0.05, 0) is 37.5 Å². The average molecular weight is 231 g/mol. The number of aliphatic hydroxyl groups is 1. The molecule has 0 saturated heterocycles. The molecule has 90 valence electrons. The van der Waals surface area contributed by atoms with Crippen LogP contribution in [0.2, 0.25) is 0 Å². The highest BCUT2D eigenvalue weighted by atomic mass is 16.3. The van der Waals surface area contributed by atoms with Crippen LogP contribution in [-0.4, -0.2) is 22.7 Å². The van der Waals surface area contributed by atoms with E-state index in [4.69, 9.17) is 5.26 Å². The van der Waals surface area contributed by atoms with E-state index in [9.17, 15) is 5.11 Å². The van der Waals surface area contributed by atoms with Crippen LogP contribution in [0.1, 0.15) is 37.9 Å². The first-order chi connectivity index (χ1) is 8.22. The number of aliphatic hydroxyl groups excluding tert-OH is 1. The van der Waals surface area contributed by atoms with Gasteiger partial charge in [0.2, 0.25) is 0 Å². The summed E-state index contributed by atoms with van der Waals surface area (Å²) in [7, 11) is 0. The maximum atomic E-state index is 9.56. The molecule has 4 nitrogen and oxygen atoms in total. The molecule has 2 rings (SSSR count). The summed E-state index contributed by atoms with van der Waals surface area (Å²) in [5.74, 6) is 0.876. The molecule has 0 radical (unpaired) electrons. The lowest BCUT2D eigenvalue weighted by Gasteiger charge is -2.23. The van der Waals surface area contributed by atoms with Gasteiger partial charge in [0.15, 0.2) is 0 Å². The average Bonchev–Trinajstić information content (AvgIpc) is 3.14. The third-order valence-corrected chi connectivity index (χ3v) is 3.00. The minimum absolute atomic E-state index is 0.478. The summed E-state index contributed by atoms with van der Waals surface area (Å²) >= 11 is 0. The largest absolute Gasteiger partial charge is 0.389 e. The van der Waals surface area contributed by atoms with Crippen molar-refractivity contribution in [2.45, 2.75) is 38.3 Å². The van der Waals surface area contributed by atoms with Gasteiger partial charge in [0.25, 0.3) is 0 Å². The molecule has 1 heterocycles. The van der Waals surface area contributed by atoms with Gasteiger partial charge in [0, 0.05) is 18.8 Å². The van der Waals surface area contributed by atoms with Gasteiger partial charge in [-0.25, -0.2) is 4.98 Å². The second-order valence-electron chi connectivity index (χ2n) is 4.46. The Bertz CT molecular complexity index is 421. The minimum Gasteiger partial charge on any atom is -0.389 e. The normalized spacial score (nSPS) is 16.3. The molecule has 1 aromatic heterocycles. The highest BCUT2D eigenvalue weighted by Crippen LogP contribution is 2.31. The fourth-order valence-electron chi connectivity index (χ4n) is 1.89. The van der Waals surface area contributed by atoms with Crippen LogP contribution < -0.4 is 4.90 Å². The van der Waals surface area contributed by atoms with E-state index < -0.39 is 6.10 Å². The van der Waals surface area contributed by atoms with Gasteiger partial charge in [-0.1, -0.05) is 0 Å². The maximum absolute atomic E-state index is 9.56. The zero-order valence-corrected chi connectivity index (χ0v) is 10.0. The molecule has 1 aromatic rings. The van der Waals surface area contributed by atoms with E-state index in [-0.39, 0.29) is 0 Å². The van der Waals surface area contributed by atoms with Crippen molar-refractivity contribution in [1.29, 1.82) is 5.26 Å². The fraction of sp³-hybridized carbons (Fsp3) is 0.538. The van der Waals surface area contributed by atoms with Crippen molar-refractivity contribution in [3.05, 3.63) is 23.9 Å². The van der Waals surface area contributed by atoms with Crippen molar-refractivity contribution >= 4 is 5.82 Å². The quantitative estimate of drug-likeness (QED) is 0.842. The lowest BCUT2D eigenvalue weighted by Crippen LogP contribution is -2.27. The molecular weight excluding hydrogens is 214 g/mol. The molecule has 0 aromatic carbocycles. The van der Waals surface area contributed by atoms with Crippen LogP contribution in [0, 0.1) is 11.3 Å². The Morgan fingerprint density at radius 1 is 1.65 bits per heavy atom. The zero-order valence-electron chi connectivity index (χ0n) is 10.0. The third kappa shape index (κ3) is 2.95. The molecule has 0 bridgehead atoms. The van der Waals surface area contributed by atoms with E-state index in [0.717, 1.165) is 17.9 Å². The van der Waals surface area contributed by atoms with Gasteiger partial charge < -0.3 is 10.0 Å². The first-order valence-electron chi connectivity index (χ1n) is 6.00. The lowest BCUT2D eigenvalue weighted by atomic mass is 10.1. The second kappa shape index (κ2) is 5.15. The van der Waals surface area contributed by atoms with Gasteiger partial charge in [0.1, 0.15) is 5.82 Å². The molecule has 1 aliphatic rings. The van der Waals surface area contributed by atoms with E-state index in [1.54, 1.807) is 13.1 Å². The number of aromatic nitrogens is 1. The molecule has 0 amide bonds. The van der Waals surface area contributed by atoms with Crippen LogP contribution in [0.4, 0.5) is 5.82 Å². The van der Waals surface area contributed by atoms with E-state index in [2.05, 4.69) is 16.0 Å². The lowest BCUT2D eigenvalue weighted by molar-refractivity contribution is 0.199. The van der Waals surface area contributed by atoms with Crippen LogP contribution in [0.3, 0.4) is 0 Å². The van der Waals surface area contributed by atoms with Crippen molar-refractivity contribution in [2.75, 3.05) is 11.4 Å². The van der Waals surface area contributed by atoms with Gasteiger partial charge in [-0.2, -0.15) is 5.26 Å². The van der Waals surface area contributed by atoms with Crippen molar-refractivity contribution in [1.82, 2.24) is 4.98 Å². The van der Waals surface area contributed by atoms with Crippen LogP contribution in [-0.2, 0) is 0 Å². The third-order valence-electron chi connectivity index (χ3n) is 3.00. The second-order valence-corrected chi connectivity index (χ2v) is 4.46. The summed E-state index contributed by atoms with van der Waals surface area (Å²) in [5.41, 5.74) is 0.873. The smallest absolute Gasteiger partial charge is 0.129 e. The Hall–Kier alpha value is -1.60. The molecule has 17 heavy (non-hydrogen) atoms. The number of pyridine rings is 1. The van der Waals surface area contributed by atoms with E-state index >= 15 is 0 Å². The monoisotopic (exact) mass is 231 g/mol. The molecule has 1 saturated carbocycles. The predicted octanol–water partition coefficient (Wildman–Crippen LogP) is 2.02. The molecule has 1 atom stereocenters. The number of hydrogen-bond acceptors (Lipinski definition) is 4. The van der Waals surface area contributed by atoms with Crippen molar-refractivity contribution in [3.8, 4) is 6.07 Å². The topological polar surface area (TPSA) is 60.2 Å². The van der Waals surface area contributed by atoms with E-state index in [1.807, 2.05) is 12.1 Å². The first kappa shape index (κ1) is 11.9. The molecule has 1 fully saturated rings. The standard InChI is InChI=1S/C13H17N3O/c1-10(17)11-5-7-15-13(9-11)16(8-2-6-14)12-3-4-12/h5,7,9-10,12,17H,2-4,8H2,1H3. The number of rotatable bonds is 5. The SMILES string of the molecule is CC(O)c1ccnc(N(CCC#N)C2CC2)c1. The Balaban J connectivity index is 2.17. The molecule has 4 heteroatoms. The summed E-state index contributed by atoms with van der Waals surface area (Å²) in [6.07, 6.45) is 4.10. The summed E-state index contributed by atoms with van der Waals surface area (Å²) in [6.45, 7) is 2.47. The van der Waals surface area contributed by atoms with Gasteiger partial charge >= 0.3 is 0 Å². The molecule has 0 spiro atoms. The highest BCUT2D eigenvalue weighted by Gasteiger charge is 2.29. The summed E-state index contributed by atoms with van der Waals surface area (Å²) < 4.78 is 0. The van der Waals surface area contributed by atoms with E-state index in [1.165, 1.54) is 12.8 Å². The number of anilines is 1. The number of nitrogens with zero attached hydrogens (tertiary/aromatic N) is 3. The summed E-state index contributed by atoms with van der Waals surface area (Å²) in [5, 5.41) is 18.2. The Labute approximate surface area is 102 Å². The number of hydrogen-bond donors (Lipinski definition) is 1. The summed E-state index contributed by atoms with van der Waals surface area (Å²) in [4.78, 5) is 6.52. The van der Waals surface area contributed by atoms with Crippen LogP contribution in [0.5, 0.6) is 0 Å². The fourth-order valence-corrected chi connectivity index (χ4v) is 1.89. The van der Waals surface area contributed by atoms with Crippen LogP contribution in [0.15, 0.2) is 18.3 Å². The first-order valence-corrected chi connectivity index (χ1v) is 6.00. The van der Waals surface area contributed by atoms with Gasteiger partial charge in [0.05, 0.1) is 18.6 Å². The molecule has 0 aliphatic heterocycles. The van der Waals surface area contributed by atoms with Gasteiger partial charge in [-0.3, -0.25) is 0 Å².